The van der Waals surface area contributed by atoms with Gasteiger partial charge in [0.2, 0.25) is 0 Å². The maximum Gasteiger partial charge on any atom is 0.319 e. The highest BCUT2D eigenvalue weighted by Gasteiger charge is 2.20. The molecule has 0 aromatic heterocycles. The number of benzene rings is 1. The first-order valence-electron chi connectivity index (χ1n) is 8.51. The van der Waals surface area contributed by atoms with Gasteiger partial charge >= 0.3 is 6.03 Å². The molecule has 0 atom stereocenters. The number of aliphatic hydroxyl groups excluding tert-OH is 1. The summed E-state index contributed by atoms with van der Waals surface area (Å²) < 4.78 is 5.66. The van der Waals surface area contributed by atoms with Crippen LogP contribution in [0, 0.1) is 5.92 Å². The van der Waals surface area contributed by atoms with E-state index in [0.29, 0.717) is 12.5 Å². The van der Waals surface area contributed by atoms with Gasteiger partial charge in [-0.05, 0) is 62.3 Å². The highest BCUT2D eigenvalue weighted by molar-refractivity contribution is 5.89. The van der Waals surface area contributed by atoms with E-state index in [1.165, 1.54) is 0 Å². The Morgan fingerprint density at radius 1 is 1.22 bits per heavy atom. The van der Waals surface area contributed by atoms with Crippen LogP contribution >= 0.6 is 0 Å². The summed E-state index contributed by atoms with van der Waals surface area (Å²) in [6, 6.07) is 7.38. The molecule has 0 bridgehead atoms. The topological polar surface area (TPSA) is 70.6 Å². The smallest absolute Gasteiger partial charge is 0.319 e. The Hall–Kier alpha value is -1.75. The summed E-state index contributed by atoms with van der Waals surface area (Å²) in [7, 11) is 0. The molecule has 1 aliphatic rings. The molecular weight excluding hydrogens is 292 g/mol. The molecule has 0 heterocycles. The van der Waals surface area contributed by atoms with Crippen LogP contribution in [-0.2, 0) is 0 Å². The van der Waals surface area contributed by atoms with Crippen molar-refractivity contribution in [3.8, 4) is 5.75 Å². The number of ether oxygens (including phenoxy) is 1. The molecule has 0 saturated heterocycles. The number of rotatable bonds is 6. The number of urea groups is 1. The van der Waals surface area contributed by atoms with E-state index in [9.17, 15) is 9.90 Å². The number of amides is 2. The van der Waals surface area contributed by atoms with Crippen LogP contribution < -0.4 is 15.4 Å². The summed E-state index contributed by atoms with van der Waals surface area (Å²) in [5.41, 5.74) is 0.745. The second-order valence-corrected chi connectivity index (χ2v) is 6.66. The molecule has 0 spiro atoms. The minimum atomic E-state index is -0.209. The number of anilines is 1. The highest BCUT2D eigenvalue weighted by Crippen LogP contribution is 2.19. The molecule has 0 unspecified atom stereocenters. The van der Waals surface area contributed by atoms with Gasteiger partial charge in [-0.2, -0.15) is 0 Å². The van der Waals surface area contributed by atoms with E-state index in [1.807, 2.05) is 24.3 Å². The lowest BCUT2D eigenvalue weighted by Gasteiger charge is -2.26. The van der Waals surface area contributed by atoms with Crippen molar-refractivity contribution in [3.63, 3.8) is 0 Å². The molecule has 23 heavy (non-hydrogen) atoms. The Kier molecular flexibility index (Phi) is 6.71. The van der Waals surface area contributed by atoms with Crippen molar-refractivity contribution in [1.29, 1.82) is 0 Å². The highest BCUT2D eigenvalue weighted by atomic mass is 16.5. The maximum absolute atomic E-state index is 12.0. The number of nitrogens with one attached hydrogen (secondary N) is 2. The zero-order chi connectivity index (χ0) is 16.7. The predicted octanol–water partition coefficient (Wildman–Crippen LogP) is 3.54. The molecule has 1 aromatic carbocycles. The first-order chi connectivity index (χ1) is 11.0. The molecule has 5 heteroatoms. The Labute approximate surface area is 138 Å². The van der Waals surface area contributed by atoms with Crippen LogP contribution in [0.25, 0.3) is 0 Å². The molecule has 1 aliphatic carbocycles. The van der Waals surface area contributed by atoms with Crippen molar-refractivity contribution in [2.45, 2.75) is 58.1 Å². The summed E-state index contributed by atoms with van der Waals surface area (Å²) in [6.07, 6.45) is 3.99. The van der Waals surface area contributed by atoms with Crippen LogP contribution in [0.2, 0.25) is 0 Å². The molecular formula is C18H28N2O3. The number of hydrogen-bond acceptors (Lipinski definition) is 3. The van der Waals surface area contributed by atoms with Gasteiger partial charge in [-0.25, -0.2) is 4.79 Å². The molecule has 1 fully saturated rings. The summed E-state index contributed by atoms with van der Waals surface area (Å²) >= 11 is 0. The van der Waals surface area contributed by atoms with Gasteiger partial charge in [-0.15, -0.1) is 0 Å². The van der Waals surface area contributed by atoms with Crippen LogP contribution in [0.1, 0.15) is 46.0 Å². The fraction of sp³-hybridized carbons (Fsp3) is 0.611. The molecule has 0 aliphatic heterocycles. The van der Waals surface area contributed by atoms with Crippen molar-refractivity contribution in [1.82, 2.24) is 5.32 Å². The van der Waals surface area contributed by atoms with E-state index in [4.69, 9.17) is 4.74 Å². The third-order valence-corrected chi connectivity index (χ3v) is 4.11. The van der Waals surface area contributed by atoms with Crippen molar-refractivity contribution in [2.24, 2.45) is 5.92 Å². The van der Waals surface area contributed by atoms with Crippen LogP contribution in [0.4, 0.5) is 10.5 Å². The van der Waals surface area contributed by atoms with Crippen molar-refractivity contribution in [2.75, 3.05) is 11.9 Å². The van der Waals surface area contributed by atoms with E-state index in [2.05, 4.69) is 24.5 Å². The van der Waals surface area contributed by atoms with E-state index in [0.717, 1.165) is 43.5 Å². The van der Waals surface area contributed by atoms with Crippen molar-refractivity contribution < 1.29 is 14.6 Å². The average Bonchev–Trinajstić information content (AvgIpc) is 2.51. The zero-order valence-corrected chi connectivity index (χ0v) is 14.0. The summed E-state index contributed by atoms with van der Waals surface area (Å²) in [4.78, 5) is 12.0. The third kappa shape index (κ3) is 6.48. The number of aliphatic hydroxyl groups is 1. The van der Waals surface area contributed by atoms with Crippen LogP contribution in [-0.4, -0.2) is 29.9 Å². The largest absolute Gasteiger partial charge is 0.494 e. The summed E-state index contributed by atoms with van der Waals surface area (Å²) in [5.74, 6) is 1.44. The first kappa shape index (κ1) is 17.6. The molecule has 3 N–H and O–H groups in total. The fourth-order valence-electron chi connectivity index (χ4n) is 2.62. The second kappa shape index (κ2) is 8.77. The van der Waals surface area contributed by atoms with Gasteiger partial charge in [0.05, 0.1) is 12.7 Å². The molecule has 0 radical (unpaired) electrons. The van der Waals surface area contributed by atoms with E-state index < -0.39 is 0 Å². The Morgan fingerprint density at radius 2 is 1.87 bits per heavy atom. The first-order valence-corrected chi connectivity index (χ1v) is 8.51. The monoisotopic (exact) mass is 320 g/mol. The SMILES string of the molecule is CC(C)CCOc1ccc(NC(=O)NC2CCC(O)CC2)cc1. The quantitative estimate of drug-likeness (QED) is 0.751. The van der Waals surface area contributed by atoms with Crippen molar-refractivity contribution in [3.05, 3.63) is 24.3 Å². The van der Waals surface area contributed by atoms with Crippen molar-refractivity contribution >= 4 is 11.7 Å². The second-order valence-electron chi connectivity index (χ2n) is 6.66. The molecule has 1 saturated carbocycles. The molecule has 128 valence electrons. The molecule has 2 amide bonds. The fourth-order valence-corrected chi connectivity index (χ4v) is 2.62. The normalized spacial score (nSPS) is 21.0. The summed E-state index contributed by atoms with van der Waals surface area (Å²) in [6.45, 7) is 5.04. The summed E-state index contributed by atoms with van der Waals surface area (Å²) in [5, 5.41) is 15.3. The zero-order valence-electron chi connectivity index (χ0n) is 14.0. The van der Waals surface area contributed by atoms with Gasteiger partial charge in [0, 0.05) is 11.7 Å². The number of carbonyl (C=O) groups is 1. The van der Waals surface area contributed by atoms with Gasteiger partial charge in [0.1, 0.15) is 5.75 Å². The Balaban J connectivity index is 1.73. The number of hydrogen-bond donors (Lipinski definition) is 3. The Bertz CT molecular complexity index is 480. The predicted molar refractivity (Wildman–Crippen MR) is 91.8 cm³/mol. The van der Waals surface area contributed by atoms with E-state index in [1.54, 1.807) is 0 Å². The third-order valence-electron chi connectivity index (χ3n) is 4.11. The lowest BCUT2D eigenvalue weighted by Crippen LogP contribution is -2.40. The van der Waals surface area contributed by atoms with Gasteiger partial charge < -0.3 is 20.5 Å². The van der Waals surface area contributed by atoms with Gasteiger partial charge in [-0.3, -0.25) is 0 Å². The Morgan fingerprint density at radius 3 is 2.48 bits per heavy atom. The van der Waals surface area contributed by atoms with Gasteiger partial charge in [0.25, 0.3) is 0 Å². The lowest BCUT2D eigenvalue weighted by atomic mass is 9.93. The average molecular weight is 320 g/mol. The minimum Gasteiger partial charge on any atom is -0.494 e. The lowest BCUT2D eigenvalue weighted by molar-refractivity contribution is 0.118. The van der Waals surface area contributed by atoms with E-state index >= 15 is 0 Å². The van der Waals surface area contributed by atoms with Gasteiger partial charge in [0.15, 0.2) is 0 Å². The molecule has 2 rings (SSSR count). The minimum absolute atomic E-state index is 0.150. The molecule has 5 nitrogen and oxygen atoms in total. The maximum atomic E-state index is 12.0. The molecule has 1 aromatic rings. The van der Waals surface area contributed by atoms with E-state index in [-0.39, 0.29) is 18.2 Å². The van der Waals surface area contributed by atoms with Crippen LogP contribution in [0.3, 0.4) is 0 Å². The van der Waals surface area contributed by atoms with Crippen LogP contribution in [0.5, 0.6) is 5.75 Å². The van der Waals surface area contributed by atoms with Gasteiger partial charge in [-0.1, -0.05) is 13.8 Å². The van der Waals surface area contributed by atoms with Crippen LogP contribution in [0.15, 0.2) is 24.3 Å². The standard InChI is InChI=1S/C18H28N2O3/c1-13(2)11-12-23-17-9-5-15(6-10-17)20-18(22)19-14-3-7-16(21)8-4-14/h5-6,9-10,13-14,16,21H,3-4,7-8,11-12H2,1-2H3,(H2,19,20,22). The number of carbonyl (C=O) groups excluding carboxylic acids is 1.